The molecule has 0 bridgehead atoms. The van der Waals surface area contributed by atoms with Crippen molar-refractivity contribution in [1.29, 1.82) is 0 Å². The number of pyridine rings is 1. The van der Waals surface area contributed by atoms with Crippen LogP contribution in [0.4, 0.5) is 0 Å². The van der Waals surface area contributed by atoms with Gasteiger partial charge < -0.3 is 19.3 Å². The van der Waals surface area contributed by atoms with Crippen LogP contribution in [0.1, 0.15) is 24.3 Å². The van der Waals surface area contributed by atoms with E-state index in [-0.39, 0.29) is 6.10 Å². The van der Waals surface area contributed by atoms with Crippen LogP contribution in [-0.4, -0.2) is 36.0 Å². The Morgan fingerprint density at radius 3 is 3.00 bits per heavy atom. The van der Waals surface area contributed by atoms with E-state index in [1.807, 2.05) is 31.2 Å². The van der Waals surface area contributed by atoms with Crippen LogP contribution in [0.15, 0.2) is 42.6 Å². The predicted octanol–water partition coefficient (Wildman–Crippen LogP) is 2.34. The highest BCUT2D eigenvalue weighted by Gasteiger charge is 2.23. The van der Waals surface area contributed by atoms with Gasteiger partial charge in [-0.2, -0.15) is 0 Å². The van der Waals surface area contributed by atoms with Gasteiger partial charge in [-0.05, 0) is 36.8 Å². The molecule has 1 aromatic heterocycles. The lowest BCUT2D eigenvalue weighted by Crippen LogP contribution is -2.33. The first-order chi connectivity index (χ1) is 10.8. The molecular formula is C17H19NO4. The summed E-state index contributed by atoms with van der Waals surface area (Å²) in [4.78, 5) is 4.18. The third-order valence-corrected chi connectivity index (χ3v) is 3.48. The average molecular weight is 301 g/mol. The Balaban J connectivity index is 1.78. The van der Waals surface area contributed by atoms with Gasteiger partial charge in [-0.25, -0.2) is 0 Å². The van der Waals surface area contributed by atoms with Crippen LogP contribution in [0, 0.1) is 0 Å². The lowest BCUT2D eigenvalue weighted by molar-refractivity contribution is 0.0126. The summed E-state index contributed by atoms with van der Waals surface area (Å²) in [6, 6.07) is 10.9. The van der Waals surface area contributed by atoms with E-state index in [4.69, 9.17) is 14.2 Å². The summed E-state index contributed by atoms with van der Waals surface area (Å²) < 4.78 is 16.9. The Kier molecular flexibility index (Phi) is 4.56. The highest BCUT2D eigenvalue weighted by atomic mass is 16.6. The Bertz CT molecular complexity index is 617. The lowest BCUT2D eigenvalue weighted by Gasteiger charge is -2.27. The summed E-state index contributed by atoms with van der Waals surface area (Å²) in [5, 5.41) is 10.4. The molecule has 2 heterocycles. The van der Waals surface area contributed by atoms with Crippen molar-refractivity contribution in [2.24, 2.45) is 0 Å². The van der Waals surface area contributed by atoms with Gasteiger partial charge in [0, 0.05) is 12.8 Å². The summed E-state index contributed by atoms with van der Waals surface area (Å²) in [6.45, 7) is 3.54. The number of hydrogen-bond donors (Lipinski definition) is 1. The van der Waals surface area contributed by atoms with Crippen LogP contribution in [-0.2, 0) is 4.74 Å². The van der Waals surface area contributed by atoms with Gasteiger partial charge in [0.1, 0.15) is 12.7 Å². The molecule has 2 unspecified atom stereocenters. The van der Waals surface area contributed by atoms with Gasteiger partial charge in [0.05, 0.1) is 12.3 Å². The molecular weight excluding hydrogens is 282 g/mol. The van der Waals surface area contributed by atoms with Crippen molar-refractivity contribution in [2.45, 2.75) is 19.1 Å². The van der Waals surface area contributed by atoms with E-state index in [9.17, 15) is 5.11 Å². The Labute approximate surface area is 129 Å². The number of benzene rings is 1. The van der Waals surface area contributed by atoms with Crippen molar-refractivity contribution in [1.82, 2.24) is 4.98 Å². The first-order valence-electron chi connectivity index (χ1n) is 7.38. The molecule has 1 aromatic carbocycles. The third-order valence-electron chi connectivity index (χ3n) is 3.48. The molecule has 1 aliphatic rings. The molecule has 5 nitrogen and oxygen atoms in total. The fourth-order valence-electron chi connectivity index (χ4n) is 2.34. The van der Waals surface area contributed by atoms with Crippen molar-refractivity contribution in [3.63, 3.8) is 0 Å². The number of aromatic nitrogens is 1. The van der Waals surface area contributed by atoms with E-state index in [1.54, 1.807) is 18.3 Å². The largest absolute Gasteiger partial charge is 0.486 e. The van der Waals surface area contributed by atoms with E-state index in [2.05, 4.69) is 4.98 Å². The van der Waals surface area contributed by atoms with Crippen LogP contribution in [0.2, 0.25) is 0 Å². The third kappa shape index (κ3) is 3.21. The molecule has 0 fully saturated rings. The highest BCUT2D eigenvalue weighted by Crippen LogP contribution is 2.35. The van der Waals surface area contributed by atoms with Crippen LogP contribution >= 0.6 is 0 Å². The maximum absolute atomic E-state index is 10.4. The van der Waals surface area contributed by atoms with Crippen molar-refractivity contribution in [2.75, 3.05) is 19.8 Å². The second-order valence-corrected chi connectivity index (χ2v) is 5.07. The molecule has 1 aliphatic heterocycles. The molecule has 0 amide bonds. The zero-order valence-electron chi connectivity index (χ0n) is 12.4. The van der Waals surface area contributed by atoms with Crippen LogP contribution < -0.4 is 9.47 Å². The molecule has 0 aliphatic carbocycles. The fraction of sp³-hybridized carbons (Fsp3) is 0.353. The van der Waals surface area contributed by atoms with Gasteiger partial charge in [0.2, 0.25) is 0 Å². The number of fused-ring (bicyclic) bond motifs is 1. The molecule has 2 atom stereocenters. The van der Waals surface area contributed by atoms with Gasteiger partial charge in [-0.1, -0.05) is 12.1 Å². The summed E-state index contributed by atoms with van der Waals surface area (Å²) in [7, 11) is 0. The quantitative estimate of drug-likeness (QED) is 0.918. The molecule has 2 aromatic rings. The molecule has 0 saturated heterocycles. The van der Waals surface area contributed by atoms with Crippen LogP contribution in [0.25, 0.3) is 0 Å². The van der Waals surface area contributed by atoms with Gasteiger partial charge in [0.15, 0.2) is 17.6 Å². The monoisotopic (exact) mass is 301 g/mol. The van der Waals surface area contributed by atoms with Gasteiger partial charge in [-0.3, -0.25) is 4.98 Å². The van der Waals surface area contributed by atoms with Crippen LogP contribution in [0.3, 0.4) is 0 Å². The summed E-state index contributed by atoms with van der Waals surface area (Å²) in [5.41, 5.74) is 1.32. The van der Waals surface area contributed by atoms with E-state index in [1.165, 1.54) is 0 Å². The maximum Gasteiger partial charge on any atom is 0.162 e. The molecule has 0 saturated carbocycles. The molecule has 0 radical (unpaired) electrons. The fourth-order valence-corrected chi connectivity index (χ4v) is 2.34. The average Bonchev–Trinajstić information content (AvgIpc) is 2.59. The summed E-state index contributed by atoms with van der Waals surface area (Å²) in [5.74, 6) is 1.31. The minimum absolute atomic E-state index is 0.130. The standard InChI is InChI=1S/C17H19NO4/c1-2-20-10-13-11-21-15-7-6-12(9-16(15)22-13)17(19)14-5-3-4-8-18-14/h3-9,13,17,19H,2,10-11H2,1H3. The normalized spacial score (nSPS) is 18.0. The zero-order chi connectivity index (χ0) is 15.4. The Morgan fingerprint density at radius 2 is 2.23 bits per heavy atom. The van der Waals surface area contributed by atoms with E-state index in [0.29, 0.717) is 37.0 Å². The number of rotatable bonds is 5. The van der Waals surface area contributed by atoms with Gasteiger partial charge in [-0.15, -0.1) is 0 Å². The number of aliphatic hydroxyl groups excluding tert-OH is 1. The predicted molar refractivity (Wildman–Crippen MR) is 81.1 cm³/mol. The van der Waals surface area contributed by atoms with E-state index in [0.717, 1.165) is 5.56 Å². The molecule has 116 valence electrons. The number of hydrogen-bond acceptors (Lipinski definition) is 5. The minimum atomic E-state index is -0.789. The van der Waals surface area contributed by atoms with Crippen molar-refractivity contribution < 1.29 is 19.3 Å². The van der Waals surface area contributed by atoms with E-state index >= 15 is 0 Å². The summed E-state index contributed by atoms with van der Waals surface area (Å²) in [6.07, 6.45) is 0.742. The molecule has 5 heteroatoms. The number of ether oxygens (including phenoxy) is 3. The lowest BCUT2D eigenvalue weighted by atomic mass is 10.1. The summed E-state index contributed by atoms with van der Waals surface area (Å²) >= 11 is 0. The van der Waals surface area contributed by atoms with Crippen molar-refractivity contribution in [3.05, 3.63) is 53.9 Å². The number of aliphatic hydroxyl groups is 1. The zero-order valence-corrected chi connectivity index (χ0v) is 12.4. The molecule has 1 N–H and O–H groups in total. The van der Waals surface area contributed by atoms with Crippen LogP contribution in [0.5, 0.6) is 11.5 Å². The van der Waals surface area contributed by atoms with Crippen molar-refractivity contribution >= 4 is 0 Å². The van der Waals surface area contributed by atoms with Gasteiger partial charge >= 0.3 is 0 Å². The minimum Gasteiger partial charge on any atom is -0.486 e. The van der Waals surface area contributed by atoms with Gasteiger partial charge in [0.25, 0.3) is 0 Å². The maximum atomic E-state index is 10.4. The molecule has 22 heavy (non-hydrogen) atoms. The molecule has 3 rings (SSSR count). The first kappa shape index (κ1) is 14.8. The number of nitrogens with zero attached hydrogens (tertiary/aromatic N) is 1. The van der Waals surface area contributed by atoms with Crippen molar-refractivity contribution in [3.8, 4) is 11.5 Å². The molecule has 0 spiro atoms. The SMILES string of the molecule is CCOCC1COc2ccc(C(O)c3ccccn3)cc2O1. The smallest absolute Gasteiger partial charge is 0.162 e. The Morgan fingerprint density at radius 1 is 1.32 bits per heavy atom. The first-order valence-corrected chi connectivity index (χ1v) is 7.38. The van der Waals surface area contributed by atoms with E-state index < -0.39 is 6.10 Å². The Hall–Kier alpha value is -2.11. The second kappa shape index (κ2) is 6.77. The highest BCUT2D eigenvalue weighted by molar-refractivity contribution is 5.45. The second-order valence-electron chi connectivity index (χ2n) is 5.07. The topological polar surface area (TPSA) is 60.8 Å².